The van der Waals surface area contributed by atoms with Crippen molar-refractivity contribution in [2.45, 2.75) is 64.3 Å². The Morgan fingerprint density at radius 2 is 1.86 bits per heavy atom. The minimum Gasteiger partial charge on any atom is -0.376 e. The first-order chi connectivity index (χ1) is 14.0. The lowest BCUT2D eigenvalue weighted by atomic mass is 9.99. The molecule has 0 N–H and O–H groups in total. The van der Waals surface area contributed by atoms with Crippen LogP contribution in [0.2, 0.25) is 0 Å². The van der Waals surface area contributed by atoms with Gasteiger partial charge in [-0.2, -0.15) is 0 Å². The first-order valence-electron chi connectivity index (χ1n) is 10.6. The van der Waals surface area contributed by atoms with Crippen LogP contribution in [0.1, 0.15) is 52.7 Å². The Kier molecular flexibility index (Phi) is 6.25. The molecule has 2 aromatic rings. The highest BCUT2D eigenvalue weighted by Crippen LogP contribution is 2.28. The highest BCUT2D eigenvalue weighted by Gasteiger charge is 2.25. The van der Waals surface area contributed by atoms with Crippen LogP contribution in [0, 0.1) is 20.8 Å². The number of hydrogen-bond donors (Lipinski definition) is 0. The topological polar surface area (TPSA) is 60.2 Å². The monoisotopic (exact) mass is 414 g/mol. The second kappa shape index (κ2) is 8.88. The maximum atomic E-state index is 12.9. The summed E-state index contributed by atoms with van der Waals surface area (Å²) < 4.78 is 8.04. The Balaban J connectivity index is 1.51. The number of Topliss-reactive ketones (excluding diaryl/α,β-unsaturated/α-hetero) is 1. The van der Waals surface area contributed by atoms with E-state index in [0.29, 0.717) is 5.75 Å². The Morgan fingerprint density at radius 3 is 2.59 bits per heavy atom. The first-order valence-corrected chi connectivity index (χ1v) is 11.5. The molecule has 0 bridgehead atoms. The zero-order valence-electron chi connectivity index (χ0n) is 17.6. The van der Waals surface area contributed by atoms with E-state index in [4.69, 9.17) is 4.74 Å². The molecule has 0 radical (unpaired) electrons. The number of carbonyl (C=O) groups is 1. The zero-order valence-corrected chi connectivity index (χ0v) is 18.4. The summed E-state index contributed by atoms with van der Waals surface area (Å²) in [5.74, 6) is 1.44. The van der Waals surface area contributed by atoms with Crippen LogP contribution in [0.3, 0.4) is 0 Å². The molecule has 2 saturated heterocycles. The van der Waals surface area contributed by atoms with Crippen molar-refractivity contribution in [2.24, 2.45) is 0 Å². The number of ketones is 1. The molecule has 0 amide bonds. The van der Waals surface area contributed by atoms with Gasteiger partial charge in [0.2, 0.25) is 5.95 Å². The van der Waals surface area contributed by atoms with Gasteiger partial charge in [0.1, 0.15) is 0 Å². The molecular formula is C22H30N4O2S. The van der Waals surface area contributed by atoms with Crippen molar-refractivity contribution in [2.75, 3.05) is 30.3 Å². The van der Waals surface area contributed by atoms with Gasteiger partial charge in [-0.3, -0.25) is 9.36 Å². The summed E-state index contributed by atoms with van der Waals surface area (Å²) in [5.41, 5.74) is 4.22. The quantitative estimate of drug-likeness (QED) is 0.505. The number of nitrogens with zero attached hydrogens (tertiary/aromatic N) is 4. The standard InChI is InChI=1S/C22H30N4O2S/c1-15-11-17(3)19(12-16(15)2)20(27)14-29-22-24-23-21(25-8-4-5-9-25)26(22)13-18-7-6-10-28-18/h11-12,18H,4-10,13-14H2,1-3H3/t18-/m1/s1. The Morgan fingerprint density at radius 1 is 1.10 bits per heavy atom. The van der Waals surface area contributed by atoms with E-state index in [-0.39, 0.29) is 11.9 Å². The van der Waals surface area contributed by atoms with Gasteiger partial charge in [-0.15, -0.1) is 10.2 Å². The van der Waals surface area contributed by atoms with Crippen LogP contribution in [-0.2, 0) is 11.3 Å². The third-order valence-electron chi connectivity index (χ3n) is 5.97. The van der Waals surface area contributed by atoms with Crippen LogP contribution in [0.5, 0.6) is 0 Å². The molecule has 0 saturated carbocycles. The average molecular weight is 415 g/mol. The van der Waals surface area contributed by atoms with Gasteiger partial charge < -0.3 is 9.64 Å². The highest BCUT2D eigenvalue weighted by molar-refractivity contribution is 7.99. The fraction of sp³-hybridized carbons (Fsp3) is 0.591. The summed E-state index contributed by atoms with van der Waals surface area (Å²) in [4.78, 5) is 15.2. The molecule has 0 spiro atoms. The van der Waals surface area contributed by atoms with Crippen LogP contribution >= 0.6 is 11.8 Å². The van der Waals surface area contributed by atoms with Gasteiger partial charge in [-0.05, 0) is 69.2 Å². The normalized spacial score (nSPS) is 19.3. The highest BCUT2D eigenvalue weighted by atomic mass is 32.2. The Hall–Kier alpha value is -1.86. The number of aryl methyl sites for hydroxylation is 3. The number of benzene rings is 1. The lowest BCUT2D eigenvalue weighted by Gasteiger charge is -2.20. The van der Waals surface area contributed by atoms with E-state index >= 15 is 0 Å². The fourth-order valence-corrected chi connectivity index (χ4v) is 4.99. The number of rotatable bonds is 7. The summed E-state index contributed by atoms with van der Waals surface area (Å²) in [6.45, 7) is 9.79. The third-order valence-corrected chi connectivity index (χ3v) is 6.94. The molecule has 1 atom stereocenters. The SMILES string of the molecule is Cc1cc(C)c(C(=O)CSc2nnc(N3CCCC3)n2C[C@H]2CCCO2)cc1C. The van der Waals surface area contributed by atoms with Crippen molar-refractivity contribution >= 4 is 23.5 Å². The van der Waals surface area contributed by atoms with E-state index < -0.39 is 0 Å². The fourth-order valence-electron chi connectivity index (χ4n) is 4.16. The summed E-state index contributed by atoms with van der Waals surface area (Å²) in [6, 6.07) is 4.11. The smallest absolute Gasteiger partial charge is 0.228 e. The van der Waals surface area contributed by atoms with Gasteiger partial charge in [0.15, 0.2) is 10.9 Å². The minimum absolute atomic E-state index is 0.144. The van der Waals surface area contributed by atoms with Crippen LogP contribution in [0.4, 0.5) is 5.95 Å². The number of ether oxygens (including phenoxy) is 1. The largest absolute Gasteiger partial charge is 0.376 e. The van der Waals surface area contributed by atoms with Gasteiger partial charge in [-0.1, -0.05) is 17.8 Å². The van der Waals surface area contributed by atoms with Gasteiger partial charge in [0, 0.05) is 25.3 Å². The summed E-state index contributed by atoms with van der Waals surface area (Å²) in [5, 5.41) is 9.75. The van der Waals surface area contributed by atoms with E-state index in [1.54, 1.807) is 0 Å². The second-order valence-electron chi connectivity index (χ2n) is 8.19. The van der Waals surface area contributed by atoms with Crippen LogP contribution in [0.25, 0.3) is 0 Å². The molecule has 6 nitrogen and oxygen atoms in total. The van der Waals surface area contributed by atoms with Gasteiger partial charge >= 0.3 is 0 Å². The van der Waals surface area contributed by atoms with E-state index in [9.17, 15) is 4.79 Å². The van der Waals surface area contributed by atoms with E-state index in [1.165, 1.54) is 30.2 Å². The van der Waals surface area contributed by atoms with Crippen molar-refractivity contribution in [3.8, 4) is 0 Å². The molecule has 1 aromatic heterocycles. The van der Waals surface area contributed by atoms with Crippen molar-refractivity contribution in [1.29, 1.82) is 0 Å². The lowest BCUT2D eigenvalue weighted by Crippen LogP contribution is -2.25. The molecule has 156 valence electrons. The predicted molar refractivity (Wildman–Crippen MR) is 116 cm³/mol. The predicted octanol–water partition coefficient (Wildman–Crippen LogP) is 3.96. The molecule has 2 fully saturated rings. The van der Waals surface area contributed by atoms with Crippen molar-refractivity contribution in [3.63, 3.8) is 0 Å². The maximum Gasteiger partial charge on any atom is 0.228 e. The Bertz CT molecular complexity index is 883. The summed E-state index contributed by atoms with van der Waals surface area (Å²) >= 11 is 1.49. The molecule has 0 unspecified atom stereocenters. The van der Waals surface area contributed by atoms with Crippen molar-refractivity contribution in [1.82, 2.24) is 14.8 Å². The molecule has 29 heavy (non-hydrogen) atoms. The summed E-state index contributed by atoms with van der Waals surface area (Å²) in [6.07, 6.45) is 4.78. The lowest BCUT2D eigenvalue weighted by molar-refractivity contribution is 0.0952. The first kappa shape index (κ1) is 20.4. The molecule has 4 rings (SSSR count). The van der Waals surface area contributed by atoms with E-state index in [2.05, 4.69) is 39.6 Å². The van der Waals surface area contributed by atoms with Crippen molar-refractivity contribution < 1.29 is 9.53 Å². The van der Waals surface area contributed by atoms with Crippen molar-refractivity contribution in [3.05, 3.63) is 34.4 Å². The van der Waals surface area contributed by atoms with Gasteiger partial charge in [-0.25, -0.2) is 0 Å². The molecular weight excluding hydrogens is 384 g/mol. The second-order valence-corrected chi connectivity index (χ2v) is 9.13. The molecule has 3 heterocycles. The van der Waals surface area contributed by atoms with E-state index in [0.717, 1.165) is 66.9 Å². The van der Waals surface area contributed by atoms with Gasteiger partial charge in [0.05, 0.1) is 18.4 Å². The van der Waals surface area contributed by atoms with Crippen LogP contribution in [-0.4, -0.2) is 52.1 Å². The average Bonchev–Trinajstić information content (AvgIpc) is 3.45. The van der Waals surface area contributed by atoms with E-state index in [1.807, 2.05) is 13.0 Å². The minimum atomic E-state index is 0.144. The number of aromatic nitrogens is 3. The zero-order chi connectivity index (χ0) is 20.4. The maximum absolute atomic E-state index is 12.9. The number of thioether (sulfide) groups is 1. The van der Waals surface area contributed by atoms with Gasteiger partial charge in [0.25, 0.3) is 0 Å². The van der Waals surface area contributed by atoms with Crippen LogP contribution < -0.4 is 4.90 Å². The number of anilines is 1. The number of carbonyl (C=O) groups excluding carboxylic acids is 1. The molecule has 7 heteroatoms. The molecule has 1 aromatic carbocycles. The number of hydrogen-bond acceptors (Lipinski definition) is 6. The molecule has 0 aliphatic carbocycles. The molecule has 2 aliphatic heterocycles. The summed E-state index contributed by atoms with van der Waals surface area (Å²) in [7, 11) is 0. The molecule has 2 aliphatic rings. The Labute approximate surface area is 177 Å². The third kappa shape index (κ3) is 4.51. The van der Waals surface area contributed by atoms with Crippen LogP contribution in [0.15, 0.2) is 17.3 Å².